The molecular formula is C15H23FN4O3. The van der Waals surface area contributed by atoms with Crippen molar-refractivity contribution in [3.8, 4) is 0 Å². The first kappa shape index (κ1) is 17.4. The first-order chi connectivity index (χ1) is 11.0. The number of carbonyl (C=O) groups excluding carboxylic acids is 1. The predicted molar refractivity (Wildman–Crippen MR) is 83.5 cm³/mol. The summed E-state index contributed by atoms with van der Waals surface area (Å²) in [5, 5.41) is 13.7. The molecule has 128 valence electrons. The largest absolute Gasteiger partial charge is 0.501 e. The second-order valence-corrected chi connectivity index (χ2v) is 5.55. The van der Waals surface area contributed by atoms with Crippen molar-refractivity contribution in [1.82, 2.24) is 10.6 Å². The molecule has 1 saturated heterocycles. The molecule has 0 aromatic heterocycles. The minimum absolute atomic E-state index is 0.202. The third-order valence-electron chi connectivity index (χ3n) is 3.85. The average molecular weight is 326 g/mol. The molecule has 1 heterocycles. The Morgan fingerprint density at radius 3 is 3.04 bits per heavy atom. The number of primary amides is 1. The molecule has 5 N–H and O–H groups in total. The van der Waals surface area contributed by atoms with E-state index >= 15 is 0 Å². The van der Waals surface area contributed by atoms with E-state index in [0.29, 0.717) is 13.0 Å². The number of alkyl halides is 1. The van der Waals surface area contributed by atoms with Crippen molar-refractivity contribution in [1.29, 1.82) is 5.41 Å². The van der Waals surface area contributed by atoms with Crippen LogP contribution in [0.25, 0.3) is 0 Å². The summed E-state index contributed by atoms with van der Waals surface area (Å²) in [4.78, 5) is 11.2. The summed E-state index contributed by atoms with van der Waals surface area (Å²) >= 11 is 0. The van der Waals surface area contributed by atoms with Gasteiger partial charge >= 0.3 is 0 Å². The Bertz CT molecular complexity index is 521. The topological polar surface area (TPSA) is 109 Å². The third kappa shape index (κ3) is 4.77. The van der Waals surface area contributed by atoms with Gasteiger partial charge in [-0.25, -0.2) is 4.39 Å². The van der Waals surface area contributed by atoms with Crippen molar-refractivity contribution in [3.05, 3.63) is 23.6 Å². The fourth-order valence-corrected chi connectivity index (χ4v) is 2.58. The second-order valence-electron chi connectivity index (χ2n) is 5.55. The number of amides is 1. The van der Waals surface area contributed by atoms with Crippen molar-refractivity contribution < 1.29 is 18.7 Å². The first-order valence-corrected chi connectivity index (χ1v) is 7.56. The molecule has 23 heavy (non-hydrogen) atoms. The lowest BCUT2D eigenvalue weighted by Gasteiger charge is -2.25. The molecule has 0 saturated carbocycles. The normalized spacial score (nSPS) is 25.3. The van der Waals surface area contributed by atoms with Gasteiger partial charge in [0.15, 0.2) is 6.23 Å². The van der Waals surface area contributed by atoms with Gasteiger partial charge in [0, 0.05) is 18.7 Å². The summed E-state index contributed by atoms with van der Waals surface area (Å²) in [7, 11) is 1.60. The van der Waals surface area contributed by atoms with Crippen LogP contribution < -0.4 is 16.4 Å². The molecule has 1 unspecified atom stereocenters. The molecular weight excluding hydrogens is 303 g/mol. The van der Waals surface area contributed by atoms with Crippen molar-refractivity contribution >= 4 is 11.6 Å². The lowest BCUT2D eigenvalue weighted by Crippen LogP contribution is -2.42. The number of rotatable bonds is 8. The third-order valence-corrected chi connectivity index (χ3v) is 3.85. The fourth-order valence-electron chi connectivity index (χ4n) is 2.58. The van der Waals surface area contributed by atoms with Gasteiger partial charge in [-0.3, -0.25) is 4.79 Å². The molecule has 0 aromatic carbocycles. The van der Waals surface area contributed by atoms with Crippen molar-refractivity contribution in [2.24, 2.45) is 5.73 Å². The fraction of sp³-hybridized carbons (Fsp3) is 0.600. The molecule has 1 amide bonds. The molecule has 1 aliphatic heterocycles. The van der Waals surface area contributed by atoms with Gasteiger partial charge in [-0.1, -0.05) is 6.08 Å². The number of hydrogen-bond acceptors (Lipinski definition) is 6. The zero-order chi connectivity index (χ0) is 16.8. The van der Waals surface area contributed by atoms with Crippen molar-refractivity contribution in [2.45, 2.75) is 37.6 Å². The molecule has 0 spiro atoms. The molecule has 0 radical (unpaired) electrons. The molecule has 1 fully saturated rings. The van der Waals surface area contributed by atoms with Crippen LogP contribution in [0.15, 0.2) is 23.6 Å². The number of allylic oxidation sites excluding steroid dienone is 3. The number of nitrogens with one attached hydrogen (secondary N) is 3. The van der Waals surface area contributed by atoms with Crippen LogP contribution in [0.1, 0.15) is 19.3 Å². The van der Waals surface area contributed by atoms with E-state index in [0.717, 1.165) is 24.3 Å². The van der Waals surface area contributed by atoms with E-state index in [1.807, 2.05) is 12.2 Å². The van der Waals surface area contributed by atoms with Gasteiger partial charge in [0.2, 0.25) is 5.91 Å². The highest BCUT2D eigenvalue weighted by Gasteiger charge is 2.31. The highest BCUT2D eigenvalue weighted by atomic mass is 19.1. The Balaban J connectivity index is 1.98. The molecule has 1 aliphatic carbocycles. The zero-order valence-electron chi connectivity index (χ0n) is 13.1. The summed E-state index contributed by atoms with van der Waals surface area (Å²) < 4.78 is 23.9. The molecule has 2 rings (SSSR count). The maximum Gasteiger partial charge on any atom is 0.234 e. The van der Waals surface area contributed by atoms with Gasteiger partial charge in [-0.15, -0.1) is 0 Å². The molecule has 2 aliphatic rings. The van der Waals surface area contributed by atoms with Gasteiger partial charge in [0.1, 0.15) is 6.67 Å². The van der Waals surface area contributed by atoms with Crippen LogP contribution in [-0.2, 0) is 14.3 Å². The Hall–Kier alpha value is -1.93. The average Bonchev–Trinajstić information content (AvgIpc) is 3.02. The highest BCUT2D eigenvalue weighted by Crippen LogP contribution is 2.18. The van der Waals surface area contributed by atoms with Gasteiger partial charge in [-0.05, 0) is 18.9 Å². The predicted octanol–water partition coefficient (Wildman–Crippen LogP) is 0.332. The van der Waals surface area contributed by atoms with Crippen LogP contribution in [0.2, 0.25) is 0 Å². The van der Waals surface area contributed by atoms with Crippen LogP contribution >= 0.6 is 0 Å². The molecule has 0 bridgehead atoms. The monoisotopic (exact) mass is 326 g/mol. The number of hydrogen-bond donors (Lipinski definition) is 4. The first-order valence-electron chi connectivity index (χ1n) is 7.56. The number of nitrogens with two attached hydrogens (primary N) is 1. The summed E-state index contributed by atoms with van der Waals surface area (Å²) in [5.74, 6) is 0.376. The van der Waals surface area contributed by atoms with Crippen LogP contribution in [-0.4, -0.2) is 50.3 Å². The van der Waals surface area contributed by atoms with E-state index in [9.17, 15) is 9.18 Å². The molecule has 3 atom stereocenters. The van der Waals surface area contributed by atoms with Crippen LogP contribution in [0, 0.1) is 5.41 Å². The Labute approximate surface area is 134 Å². The smallest absolute Gasteiger partial charge is 0.234 e. The summed E-state index contributed by atoms with van der Waals surface area (Å²) in [5.41, 5.74) is 5.78. The molecule has 0 aromatic rings. The number of carbonyl (C=O) groups is 1. The van der Waals surface area contributed by atoms with Crippen LogP contribution in [0.4, 0.5) is 4.39 Å². The molecule has 7 nitrogen and oxygen atoms in total. The number of ether oxygens (including phenoxy) is 2. The van der Waals surface area contributed by atoms with Gasteiger partial charge in [0.05, 0.1) is 30.7 Å². The van der Waals surface area contributed by atoms with E-state index in [1.165, 1.54) is 0 Å². The zero-order valence-corrected chi connectivity index (χ0v) is 13.1. The summed E-state index contributed by atoms with van der Waals surface area (Å²) in [6.45, 7) is -0.477. The molecule has 8 heteroatoms. The Morgan fingerprint density at radius 2 is 2.43 bits per heavy atom. The Morgan fingerprint density at radius 1 is 1.65 bits per heavy atom. The summed E-state index contributed by atoms with van der Waals surface area (Å²) in [6, 6.07) is -0.450. The van der Waals surface area contributed by atoms with E-state index in [1.54, 1.807) is 7.11 Å². The standard InChI is InChI=1S/C15H23FN4O3/c1-22-10-4-2-3-9(5-10)20-15(12(17)7-16)23-11-6-13(14(18)21)19-8-11/h3,5,11,13,15,17,19-20H,2,4,6-8H2,1H3,(H2,18,21)/t11-,13+,15?/m1/s1. The van der Waals surface area contributed by atoms with Crippen molar-refractivity contribution in [3.63, 3.8) is 0 Å². The van der Waals surface area contributed by atoms with E-state index in [-0.39, 0.29) is 11.8 Å². The van der Waals surface area contributed by atoms with Gasteiger partial charge < -0.3 is 31.3 Å². The lowest BCUT2D eigenvalue weighted by atomic mass is 10.1. The van der Waals surface area contributed by atoms with Gasteiger partial charge in [0.25, 0.3) is 0 Å². The SMILES string of the molecule is COC1=CC(NC(O[C@H]2CN[C@H](C(N)=O)C2)C(=N)CF)=CCC1. The van der Waals surface area contributed by atoms with E-state index in [2.05, 4.69) is 10.6 Å². The maximum absolute atomic E-state index is 12.9. The maximum atomic E-state index is 12.9. The number of methoxy groups -OCH3 is 1. The van der Waals surface area contributed by atoms with E-state index in [4.69, 9.17) is 20.6 Å². The van der Waals surface area contributed by atoms with Crippen LogP contribution in [0.3, 0.4) is 0 Å². The Kier molecular flexibility index (Phi) is 6.12. The minimum Gasteiger partial charge on any atom is -0.501 e. The minimum atomic E-state index is -0.912. The lowest BCUT2D eigenvalue weighted by molar-refractivity contribution is -0.119. The second kappa shape index (κ2) is 8.07. The quantitative estimate of drug-likeness (QED) is 0.380. The summed E-state index contributed by atoms with van der Waals surface area (Å²) in [6.07, 6.45) is 4.57. The van der Waals surface area contributed by atoms with Gasteiger partial charge in [-0.2, -0.15) is 0 Å². The number of halogens is 1. The van der Waals surface area contributed by atoms with Crippen molar-refractivity contribution in [2.75, 3.05) is 20.3 Å². The van der Waals surface area contributed by atoms with E-state index < -0.39 is 24.9 Å². The van der Waals surface area contributed by atoms with Crippen LogP contribution in [0.5, 0.6) is 0 Å². The highest BCUT2D eigenvalue weighted by molar-refractivity contribution is 5.87.